The highest BCUT2D eigenvalue weighted by atomic mass is 16.4. The highest BCUT2D eigenvalue weighted by Gasteiger charge is 2.26. The highest BCUT2D eigenvalue weighted by Crippen LogP contribution is 2.24. The molecule has 1 saturated carbocycles. The van der Waals surface area contributed by atoms with Crippen molar-refractivity contribution < 1.29 is 9.90 Å². The van der Waals surface area contributed by atoms with Crippen molar-refractivity contribution in [3.8, 4) is 0 Å². The van der Waals surface area contributed by atoms with Crippen molar-refractivity contribution >= 4 is 5.97 Å². The number of carbonyl (C=O) groups is 1. The zero-order chi connectivity index (χ0) is 12.1. The fourth-order valence-electron chi connectivity index (χ4n) is 2.43. The van der Waals surface area contributed by atoms with E-state index < -0.39 is 5.97 Å². The number of aromatic amines is 1. The smallest absolute Gasteiger partial charge is 0.306 e. The fourth-order valence-corrected chi connectivity index (χ4v) is 2.43. The number of aliphatic carboxylic acids is 1. The van der Waals surface area contributed by atoms with Crippen LogP contribution in [0.25, 0.3) is 0 Å². The zero-order valence-corrected chi connectivity index (χ0v) is 9.85. The maximum absolute atomic E-state index is 10.9. The first-order chi connectivity index (χ1) is 8.25. The van der Waals surface area contributed by atoms with Crippen molar-refractivity contribution in [1.82, 2.24) is 15.3 Å². The minimum Gasteiger partial charge on any atom is -0.481 e. The number of imidazole rings is 1. The van der Waals surface area contributed by atoms with Crippen LogP contribution in [0.3, 0.4) is 0 Å². The summed E-state index contributed by atoms with van der Waals surface area (Å²) in [6.45, 7) is 0.852. The van der Waals surface area contributed by atoms with Gasteiger partial charge < -0.3 is 15.4 Å². The summed E-state index contributed by atoms with van der Waals surface area (Å²) in [7, 11) is 0. The van der Waals surface area contributed by atoms with Crippen LogP contribution in [0.2, 0.25) is 0 Å². The SMILES string of the molecule is O=C(O)C1CCCC(NCCc2ncc[nH]2)C1. The molecule has 1 fully saturated rings. The molecule has 0 radical (unpaired) electrons. The Morgan fingerprint density at radius 2 is 2.47 bits per heavy atom. The number of hydrogen-bond donors (Lipinski definition) is 3. The fraction of sp³-hybridized carbons (Fsp3) is 0.667. The van der Waals surface area contributed by atoms with Gasteiger partial charge in [-0.1, -0.05) is 6.42 Å². The number of nitrogens with zero attached hydrogens (tertiary/aromatic N) is 1. The lowest BCUT2D eigenvalue weighted by atomic mass is 9.86. The Hall–Kier alpha value is -1.36. The molecule has 1 aromatic heterocycles. The predicted octanol–water partition coefficient (Wildman–Crippen LogP) is 1.19. The monoisotopic (exact) mass is 237 g/mol. The van der Waals surface area contributed by atoms with E-state index in [-0.39, 0.29) is 5.92 Å². The van der Waals surface area contributed by atoms with Crippen LogP contribution in [0.5, 0.6) is 0 Å². The third-order valence-corrected chi connectivity index (χ3v) is 3.37. The van der Waals surface area contributed by atoms with E-state index in [1.807, 2.05) is 6.20 Å². The molecule has 94 valence electrons. The maximum Gasteiger partial charge on any atom is 0.306 e. The van der Waals surface area contributed by atoms with Crippen molar-refractivity contribution in [2.24, 2.45) is 5.92 Å². The van der Waals surface area contributed by atoms with E-state index in [4.69, 9.17) is 5.11 Å². The van der Waals surface area contributed by atoms with Crippen LogP contribution in [0.4, 0.5) is 0 Å². The molecule has 0 amide bonds. The summed E-state index contributed by atoms with van der Waals surface area (Å²) in [6, 6.07) is 0.347. The van der Waals surface area contributed by atoms with E-state index in [1.54, 1.807) is 6.20 Å². The van der Waals surface area contributed by atoms with Crippen LogP contribution in [-0.2, 0) is 11.2 Å². The van der Waals surface area contributed by atoms with Crippen molar-refractivity contribution in [3.05, 3.63) is 18.2 Å². The summed E-state index contributed by atoms with van der Waals surface area (Å²) in [5.41, 5.74) is 0. The third-order valence-electron chi connectivity index (χ3n) is 3.37. The molecule has 1 heterocycles. The third kappa shape index (κ3) is 3.56. The summed E-state index contributed by atoms with van der Waals surface area (Å²) in [6.07, 6.45) is 8.10. The van der Waals surface area contributed by atoms with Gasteiger partial charge in [0.05, 0.1) is 5.92 Å². The first-order valence-corrected chi connectivity index (χ1v) is 6.20. The van der Waals surface area contributed by atoms with Crippen molar-refractivity contribution in [1.29, 1.82) is 0 Å². The second-order valence-electron chi connectivity index (χ2n) is 4.64. The Morgan fingerprint density at radius 1 is 1.59 bits per heavy atom. The van der Waals surface area contributed by atoms with Gasteiger partial charge in [0.2, 0.25) is 0 Å². The van der Waals surface area contributed by atoms with Crippen LogP contribution in [0, 0.1) is 5.92 Å². The molecule has 0 spiro atoms. The van der Waals surface area contributed by atoms with Gasteiger partial charge in [-0.3, -0.25) is 4.79 Å². The van der Waals surface area contributed by atoms with Gasteiger partial charge in [-0.05, 0) is 19.3 Å². The molecule has 1 aromatic rings. The molecule has 17 heavy (non-hydrogen) atoms. The average Bonchev–Trinajstić information content (AvgIpc) is 2.82. The van der Waals surface area contributed by atoms with Crippen molar-refractivity contribution in [3.63, 3.8) is 0 Å². The number of aromatic nitrogens is 2. The number of H-pyrrole nitrogens is 1. The molecule has 2 rings (SSSR count). The minimum absolute atomic E-state index is 0.162. The molecule has 5 nitrogen and oxygen atoms in total. The molecule has 3 N–H and O–H groups in total. The molecule has 1 aliphatic carbocycles. The van der Waals surface area contributed by atoms with Gasteiger partial charge in [-0.15, -0.1) is 0 Å². The molecule has 1 aliphatic rings. The van der Waals surface area contributed by atoms with E-state index >= 15 is 0 Å². The van der Waals surface area contributed by atoms with Crippen LogP contribution < -0.4 is 5.32 Å². The van der Waals surface area contributed by atoms with Gasteiger partial charge >= 0.3 is 5.97 Å². The standard InChI is InChI=1S/C12H19N3O2/c16-12(17)9-2-1-3-10(8-9)13-5-4-11-14-6-7-15-11/h6-7,9-10,13H,1-5,8H2,(H,14,15)(H,16,17). The molecule has 2 atom stereocenters. The maximum atomic E-state index is 10.9. The van der Waals surface area contributed by atoms with Gasteiger partial charge in [0.1, 0.15) is 5.82 Å². The van der Waals surface area contributed by atoms with Crippen molar-refractivity contribution in [2.75, 3.05) is 6.54 Å². The van der Waals surface area contributed by atoms with E-state index in [0.29, 0.717) is 6.04 Å². The van der Waals surface area contributed by atoms with Crippen LogP contribution >= 0.6 is 0 Å². The quantitative estimate of drug-likeness (QED) is 0.718. The summed E-state index contributed by atoms with van der Waals surface area (Å²) in [5, 5.41) is 12.4. The lowest BCUT2D eigenvalue weighted by molar-refractivity contribution is -0.143. The van der Waals surface area contributed by atoms with Gasteiger partial charge in [-0.2, -0.15) is 0 Å². The van der Waals surface area contributed by atoms with Crippen LogP contribution in [0.15, 0.2) is 12.4 Å². The Bertz CT molecular complexity index is 351. The number of carboxylic acids is 1. The number of carboxylic acid groups (broad SMARTS) is 1. The second-order valence-corrected chi connectivity index (χ2v) is 4.64. The predicted molar refractivity (Wildman–Crippen MR) is 63.7 cm³/mol. The lowest BCUT2D eigenvalue weighted by Crippen LogP contribution is -2.37. The largest absolute Gasteiger partial charge is 0.481 e. The van der Waals surface area contributed by atoms with Crippen LogP contribution in [-0.4, -0.2) is 33.6 Å². The highest BCUT2D eigenvalue weighted by molar-refractivity contribution is 5.70. The van der Waals surface area contributed by atoms with Gasteiger partial charge in [0.25, 0.3) is 0 Å². The molecule has 5 heteroatoms. The van der Waals surface area contributed by atoms with E-state index in [0.717, 1.165) is 44.5 Å². The average molecular weight is 237 g/mol. The van der Waals surface area contributed by atoms with E-state index in [1.165, 1.54) is 0 Å². The number of nitrogens with one attached hydrogen (secondary N) is 2. The molecular formula is C12H19N3O2. The molecule has 0 saturated heterocycles. The van der Waals surface area contributed by atoms with Gasteiger partial charge in [0, 0.05) is 31.4 Å². The molecule has 0 aliphatic heterocycles. The number of rotatable bonds is 5. The van der Waals surface area contributed by atoms with Gasteiger partial charge in [0.15, 0.2) is 0 Å². The molecular weight excluding hydrogens is 218 g/mol. The van der Waals surface area contributed by atoms with E-state index in [2.05, 4.69) is 15.3 Å². The van der Waals surface area contributed by atoms with Gasteiger partial charge in [-0.25, -0.2) is 4.98 Å². The normalized spacial score (nSPS) is 24.7. The van der Waals surface area contributed by atoms with E-state index in [9.17, 15) is 4.79 Å². The Labute approximate surface area is 101 Å². The molecule has 0 aromatic carbocycles. The number of hydrogen-bond acceptors (Lipinski definition) is 3. The Balaban J connectivity index is 1.70. The Morgan fingerprint density at radius 3 is 3.18 bits per heavy atom. The summed E-state index contributed by atoms with van der Waals surface area (Å²) < 4.78 is 0. The van der Waals surface area contributed by atoms with Crippen LogP contribution in [0.1, 0.15) is 31.5 Å². The zero-order valence-electron chi connectivity index (χ0n) is 9.85. The molecule has 2 unspecified atom stereocenters. The lowest BCUT2D eigenvalue weighted by Gasteiger charge is -2.27. The minimum atomic E-state index is -0.650. The summed E-state index contributed by atoms with van der Waals surface area (Å²) >= 11 is 0. The first kappa shape index (κ1) is 12.1. The summed E-state index contributed by atoms with van der Waals surface area (Å²) in [5.74, 6) is 0.162. The Kier molecular flexibility index (Phi) is 4.14. The first-order valence-electron chi connectivity index (χ1n) is 6.20. The topological polar surface area (TPSA) is 78.0 Å². The van der Waals surface area contributed by atoms with Crippen molar-refractivity contribution in [2.45, 2.75) is 38.1 Å². The second kappa shape index (κ2) is 5.82. The summed E-state index contributed by atoms with van der Waals surface area (Å²) in [4.78, 5) is 18.1. The molecule has 0 bridgehead atoms.